The number of rotatable bonds is 5. The Morgan fingerprint density at radius 1 is 1.26 bits per heavy atom. The molecule has 23 heavy (non-hydrogen) atoms. The zero-order chi connectivity index (χ0) is 17.0. The molecule has 2 aromatic rings. The molecule has 0 aliphatic heterocycles. The summed E-state index contributed by atoms with van der Waals surface area (Å²) in [5.74, 6) is 0.247. The number of aromatic nitrogens is 1. The van der Waals surface area contributed by atoms with E-state index in [4.69, 9.17) is 4.52 Å². The van der Waals surface area contributed by atoms with Crippen molar-refractivity contribution in [1.29, 1.82) is 0 Å². The van der Waals surface area contributed by atoms with Gasteiger partial charge in [0.2, 0.25) is 5.91 Å². The molecule has 0 bridgehead atoms. The number of amides is 1. The summed E-state index contributed by atoms with van der Waals surface area (Å²) in [6.07, 6.45) is 0.910. The second-order valence-electron chi connectivity index (χ2n) is 5.37. The van der Waals surface area contributed by atoms with Crippen LogP contribution in [0, 0.1) is 20.8 Å². The Bertz CT molecular complexity index is 715. The van der Waals surface area contributed by atoms with Gasteiger partial charge >= 0.3 is 5.97 Å². The van der Waals surface area contributed by atoms with Crippen LogP contribution in [0.25, 0.3) is 0 Å². The van der Waals surface area contributed by atoms with Gasteiger partial charge in [-0.1, -0.05) is 5.16 Å². The summed E-state index contributed by atoms with van der Waals surface area (Å²) in [6, 6.07) is 5.02. The Labute approximate surface area is 134 Å². The molecule has 0 fully saturated rings. The van der Waals surface area contributed by atoms with Crippen LogP contribution in [0.1, 0.15) is 39.4 Å². The van der Waals surface area contributed by atoms with Crippen LogP contribution in [-0.4, -0.2) is 24.1 Å². The van der Waals surface area contributed by atoms with Crippen molar-refractivity contribution in [1.82, 2.24) is 5.16 Å². The molecule has 0 aliphatic rings. The minimum absolute atomic E-state index is 0.0982. The Morgan fingerprint density at radius 2 is 2.00 bits per heavy atom. The first kappa shape index (κ1) is 16.7. The third-order valence-corrected chi connectivity index (χ3v) is 3.70. The highest BCUT2D eigenvalue weighted by Gasteiger charge is 2.13. The van der Waals surface area contributed by atoms with Crippen LogP contribution in [0.15, 0.2) is 22.7 Å². The number of benzene rings is 1. The topological polar surface area (TPSA) is 81.4 Å². The van der Waals surface area contributed by atoms with Gasteiger partial charge in [-0.15, -0.1) is 0 Å². The molecule has 0 unspecified atom stereocenters. The Hall–Kier alpha value is -2.63. The lowest BCUT2D eigenvalue weighted by atomic mass is 10.1. The summed E-state index contributed by atoms with van der Waals surface area (Å²) in [5.41, 5.74) is 3.73. The minimum atomic E-state index is -0.399. The summed E-state index contributed by atoms with van der Waals surface area (Å²) in [6.45, 7) is 5.53. The molecule has 0 radical (unpaired) electrons. The minimum Gasteiger partial charge on any atom is -0.465 e. The van der Waals surface area contributed by atoms with E-state index >= 15 is 0 Å². The third-order valence-electron chi connectivity index (χ3n) is 3.70. The molecule has 6 heteroatoms. The molecule has 1 aromatic carbocycles. The zero-order valence-corrected chi connectivity index (χ0v) is 13.7. The van der Waals surface area contributed by atoms with Crippen LogP contribution in [0.3, 0.4) is 0 Å². The standard InChI is InChI=1S/C17H20N2O4/c1-10-9-13(17(21)22-4)5-7-15(10)18-16(20)8-6-14-11(2)19-23-12(14)3/h5,7,9H,6,8H2,1-4H3,(H,18,20). The van der Waals surface area contributed by atoms with E-state index < -0.39 is 5.97 Å². The summed E-state index contributed by atoms with van der Waals surface area (Å²) >= 11 is 0. The van der Waals surface area contributed by atoms with Crippen molar-refractivity contribution in [3.63, 3.8) is 0 Å². The molecule has 1 N–H and O–H groups in total. The van der Waals surface area contributed by atoms with E-state index in [9.17, 15) is 9.59 Å². The predicted molar refractivity (Wildman–Crippen MR) is 85.4 cm³/mol. The van der Waals surface area contributed by atoms with Crippen molar-refractivity contribution in [2.24, 2.45) is 0 Å². The number of methoxy groups -OCH3 is 1. The van der Waals surface area contributed by atoms with Gasteiger partial charge in [-0.2, -0.15) is 0 Å². The smallest absolute Gasteiger partial charge is 0.337 e. The van der Waals surface area contributed by atoms with Gasteiger partial charge in [0, 0.05) is 17.7 Å². The normalized spacial score (nSPS) is 10.4. The lowest BCUT2D eigenvalue weighted by Crippen LogP contribution is -2.14. The highest BCUT2D eigenvalue weighted by atomic mass is 16.5. The molecule has 6 nitrogen and oxygen atoms in total. The van der Waals surface area contributed by atoms with Crippen LogP contribution < -0.4 is 5.32 Å². The van der Waals surface area contributed by atoms with E-state index in [0.717, 1.165) is 22.6 Å². The number of hydrogen-bond donors (Lipinski definition) is 1. The van der Waals surface area contributed by atoms with Crippen molar-refractivity contribution in [3.8, 4) is 0 Å². The van der Waals surface area contributed by atoms with Gasteiger partial charge < -0.3 is 14.6 Å². The summed E-state index contributed by atoms with van der Waals surface area (Å²) in [4.78, 5) is 23.6. The Kier molecular flexibility index (Phi) is 5.16. The number of anilines is 1. The molecule has 0 spiro atoms. The zero-order valence-electron chi connectivity index (χ0n) is 13.7. The van der Waals surface area contributed by atoms with E-state index in [1.807, 2.05) is 20.8 Å². The maximum absolute atomic E-state index is 12.1. The van der Waals surface area contributed by atoms with E-state index in [2.05, 4.69) is 15.2 Å². The van der Waals surface area contributed by atoms with Gasteiger partial charge in [-0.05, 0) is 51.0 Å². The van der Waals surface area contributed by atoms with Gasteiger partial charge in [-0.25, -0.2) is 4.79 Å². The largest absolute Gasteiger partial charge is 0.465 e. The van der Waals surface area contributed by atoms with Gasteiger partial charge in [0.25, 0.3) is 0 Å². The molecule has 122 valence electrons. The number of carbonyl (C=O) groups is 2. The van der Waals surface area contributed by atoms with Gasteiger partial charge in [0.1, 0.15) is 5.76 Å². The van der Waals surface area contributed by atoms with E-state index in [-0.39, 0.29) is 5.91 Å². The number of ether oxygens (including phenoxy) is 1. The van der Waals surface area contributed by atoms with Crippen molar-refractivity contribution in [3.05, 3.63) is 46.3 Å². The number of hydrogen-bond acceptors (Lipinski definition) is 5. The first-order chi connectivity index (χ1) is 10.9. The summed E-state index contributed by atoms with van der Waals surface area (Å²) < 4.78 is 9.76. The number of carbonyl (C=O) groups excluding carboxylic acids is 2. The Balaban J connectivity index is 1.99. The lowest BCUT2D eigenvalue weighted by molar-refractivity contribution is -0.116. The second kappa shape index (κ2) is 7.09. The monoisotopic (exact) mass is 316 g/mol. The second-order valence-corrected chi connectivity index (χ2v) is 5.37. The van der Waals surface area contributed by atoms with Crippen molar-refractivity contribution in [2.75, 3.05) is 12.4 Å². The molecule has 0 atom stereocenters. The number of esters is 1. The Morgan fingerprint density at radius 3 is 2.57 bits per heavy atom. The van der Waals surface area contributed by atoms with Crippen LogP contribution in [0.5, 0.6) is 0 Å². The fourth-order valence-electron chi connectivity index (χ4n) is 2.36. The van der Waals surface area contributed by atoms with Crippen LogP contribution in [0.4, 0.5) is 5.69 Å². The maximum atomic E-state index is 12.1. The summed E-state index contributed by atoms with van der Waals surface area (Å²) in [5, 5.41) is 6.73. The van der Waals surface area contributed by atoms with Gasteiger partial charge in [0.05, 0.1) is 18.4 Å². The average molecular weight is 316 g/mol. The highest BCUT2D eigenvalue weighted by Crippen LogP contribution is 2.19. The molecular weight excluding hydrogens is 296 g/mol. The molecule has 1 aromatic heterocycles. The first-order valence-corrected chi connectivity index (χ1v) is 7.33. The van der Waals surface area contributed by atoms with Gasteiger partial charge in [0.15, 0.2) is 0 Å². The van der Waals surface area contributed by atoms with E-state index in [1.165, 1.54) is 7.11 Å². The van der Waals surface area contributed by atoms with Crippen LogP contribution >= 0.6 is 0 Å². The molecule has 0 aliphatic carbocycles. The maximum Gasteiger partial charge on any atom is 0.337 e. The molecule has 1 heterocycles. The van der Waals surface area contributed by atoms with E-state index in [0.29, 0.717) is 24.1 Å². The predicted octanol–water partition coefficient (Wildman–Crippen LogP) is 2.96. The van der Waals surface area contributed by atoms with Crippen molar-refractivity contribution >= 4 is 17.6 Å². The molecule has 0 saturated heterocycles. The number of nitrogens with zero attached hydrogens (tertiary/aromatic N) is 1. The molecule has 1 amide bonds. The SMILES string of the molecule is COC(=O)c1ccc(NC(=O)CCc2c(C)noc2C)c(C)c1. The fourth-order valence-corrected chi connectivity index (χ4v) is 2.36. The molecular formula is C17H20N2O4. The fraction of sp³-hybridized carbons (Fsp3) is 0.353. The summed E-state index contributed by atoms with van der Waals surface area (Å²) in [7, 11) is 1.34. The first-order valence-electron chi connectivity index (χ1n) is 7.33. The van der Waals surface area contributed by atoms with Gasteiger partial charge in [-0.3, -0.25) is 4.79 Å². The van der Waals surface area contributed by atoms with E-state index in [1.54, 1.807) is 18.2 Å². The number of aryl methyl sites for hydroxylation is 3. The quantitative estimate of drug-likeness (QED) is 0.858. The molecule has 2 rings (SSSR count). The lowest BCUT2D eigenvalue weighted by Gasteiger charge is -2.09. The van der Waals surface area contributed by atoms with Crippen molar-refractivity contribution in [2.45, 2.75) is 33.6 Å². The number of nitrogens with one attached hydrogen (secondary N) is 1. The highest BCUT2D eigenvalue weighted by molar-refractivity contribution is 5.94. The third kappa shape index (κ3) is 3.97. The molecule has 0 saturated carbocycles. The van der Waals surface area contributed by atoms with Crippen LogP contribution in [0.2, 0.25) is 0 Å². The van der Waals surface area contributed by atoms with Crippen molar-refractivity contribution < 1.29 is 18.8 Å². The average Bonchev–Trinajstić information content (AvgIpc) is 2.85. The van der Waals surface area contributed by atoms with Crippen LogP contribution in [-0.2, 0) is 16.0 Å².